The molecule has 0 saturated carbocycles. The summed E-state index contributed by atoms with van der Waals surface area (Å²) in [6.45, 7) is 0. The maximum Gasteiger partial charge on any atom is 1.00 e. The minimum atomic E-state index is -0.422. The number of carbonyl (C=O) groups is 1. The minimum absolute atomic E-state index is 0. The Bertz CT molecular complexity index is 274. The molecule has 0 spiro atoms. The molecule has 0 aliphatic rings. The van der Waals surface area contributed by atoms with Crippen molar-refractivity contribution in [3.8, 4) is 0 Å². The summed E-state index contributed by atoms with van der Waals surface area (Å²) in [7, 11) is 0. The van der Waals surface area contributed by atoms with E-state index in [2.05, 4.69) is 0 Å². The Morgan fingerprint density at radius 1 is 1.33 bits per heavy atom. The fourth-order valence-corrected chi connectivity index (χ4v) is 0.743. The van der Waals surface area contributed by atoms with Gasteiger partial charge in [0.25, 0.3) is 0 Å². The van der Waals surface area contributed by atoms with Gasteiger partial charge in [0, 0.05) is 6.08 Å². The standard InChI is InChI=1S/C9H9NO.K.H/c10-9(11)7-6-8-4-2-1-3-5-8;;/h1-7H,(H2,10,11);;/q;+1;-1/b7-6+;;. The van der Waals surface area contributed by atoms with Crippen molar-refractivity contribution in [3.05, 3.63) is 42.0 Å². The summed E-state index contributed by atoms with van der Waals surface area (Å²) in [4.78, 5) is 10.3. The van der Waals surface area contributed by atoms with Crippen LogP contribution in [0, 0.1) is 0 Å². The van der Waals surface area contributed by atoms with E-state index in [9.17, 15) is 4.79 Å². The van der Waals surface area contributed by atoms with E-state index in [4.69, 9.17) is 5.73 Å². The Kier molecular flexibility index (Phi) is 6.60. The number of hydrogen-bond donors (Lipinski definition) is 1. The van der Waals surface area contributed by atoms with Crippen LogP contribution in [0.5, 0.6) is 0 Å². The molecule has 1 aromatic rings. The molecule has 12 heavy (non-hydrogen) atoms. The summed E-state index contributed by atoms with van der Waals surface area (Å²) in [6.07, 6.45) is 3.03. The third-order valence-corrected chi connectivity index (χ3v) is 1.24. The van der Waals surface area contributed by atoms with E-state index >= 15 is 0 Å². The molecule has 0 atom stereocenters. The molecule has 0 aliphatic carbocycles. The van der Waals surface area contributed by atoms with Crippen molar-refractivity contribution in [2.75, 3.05) is 0 Å². The zero-order valence-corrected chi connectivity index (χ0v) is 10.2. The van der Waals surface area contributed by atoms with Gasteiger partial charge in [-0.15, -0.1) is 0 Å². The molecule has 1 amide bonds. The second kappa shape index (κ2) is 6.57. The van der Waals surface area contributed by atoms with Crippen LogP contribution in [0.4, 0.5) is 0 Å². The first-order valence-corrected chi connectivity index (χ1v) is 3.31. The molecule has 0 bridgehead atoms. The minimum Gasteiger partial charge on any atom is -1.00 e. The number of carbonyl (C=O) groups excluding carboxylic acids is 1. The van der Waals surface area contributed by atoms with Crippen LogP contribution in [-0.4, -0.2) is 5.91 Å². The van der Waals surface area contributed by atoms with Crippen LogP contribution in [0.15, 0.2) is 36.4 Å². The van der Waals surface area contributed by atoms with Crippen molar-refractivity contribution in [1.29, 1.82) is 0 Å². The molecule has 0 heterocycles. The van der Waals surface area contributed by atoms with Gasteiger partial charge in [0.15, 0.2) is 0 Å². The van der Waals surface area contributed by atoms with Crippen molar-refractivity contribution in [1.82, 2.24) is 0 Å². The van der Waals surface area contributed by atoms with Crippen molar-refractivity contribution < 1.29 is 57.6 Å². The first-order valence-electron chi connectivity index (χ1n) is 3.31. The van der Waals surface area contributed by atoms with E-state index in [0.717, 1.165) is 5.56 Å². The first kappa shape index (κ1) is 12.1. The summed E-state index contributed by atoms with van der Waals surface area (Å²) in [5.74, 6) is -0.422. The van der Waals surface area contributed by atoms with Gasteiger partial charge in [-0.1, -0.05) is 30.3 Å². The number of amides is 1. The van der Waals surface area contributed by atoms with Gasteiger partial charge < -0.3 is 7.16 Å². The van der Waals surface area contributed by atoms with Gasteiger partial charge in [-0.05, 0) is 11.6 Å². The Hall–Kier alpha value is 0.0664. The van der Waals surface area contributed by atoms with E-state index in [1.54, 1.807) is 6.08 Å². The zero-order valence-electron chi connectivity index (χ0n) is 8.03. The summed E-state index contributed by atoms with van der Waals surface area (Å²) in [5, 5.41) is 0. The zero-order chi connectivity index (χ0) is 8.10. The molecule has 2 nitrogen and oxygen atoms in total. The molecule has 0 aliphatic heterocycles. The van der Waals surface area contributed by atoms with E-state index in [1.807, 2.05) is 30.3 Å². The molecule has 0 radical (unpaired) electrons. The van der Waals surface area contributed by atoms with Gasteiger partial charge in [0.1, 0.15) is 0 Å². The fraction of sp³-hybridized carbons (Fsp3) is 0. The largest absolute Gasteiger partial charge is 1.00 e. The van der Waals surface area contributed by atoms with Crippen molar-refractivity contribution >= 4 is 12.0 Å². The number of primary amides is 1. The van der Waals surface area contributed by atoms with Crippen molar-refractivity contribution in [2.24, 2.45) is 5.73 Å². The molecule has 2 N–H and O–H groups in total. The van der Waals surface area contributed by atoms with Gasteiger partial charge >= 0.3 is 51.4 Å². The molecular formula is C9H10KNO. The predicted octanol–water partition coefficient (Wildman–Crippen LogP) is -1.70. The van der Waals surface area contributed by atoms with Gasteiger partial charge in [0.2, 0.25) is 5.91 Å². The second-order valence-corrected chi connectivity index (χ2v) is 2.15. The first-order chi connectivity index (χ1) is 5.29. The third-order valence-electron chi connectivity index (χ3n) is 1.24. The normalized spacial score (nSPS) is 9.33. The Morgan fingerprint density at radius 3 is 2.42 bits per heavy atom. The van der Waals surface area contributed by atoms with Crippen molar-refractivity contribution in [2.45, 2.75) is 0 Å². The summed E-state index contributed by atoms with van der Waals surface area (Å²) < 4.78 is 0. The van der Waals surface area contributed by atoms with Crippen LogP contribution in [0.1, 0.15) is 6.99 Å². The molecule has 0 unspecified atom stereocenters. The van der Waals surface area contributed by atoms with Crippen LogP contribution in [-0.2, 0) is 4.79 Å². The maximum atomic E-state index is 10.3. The summed E-state index contributed by atoms with van der Waals surface area (Å²) in [5.41, 5.74) is 5.89. The van der Waals surface area contributed by atoms with Crippen molar-refractivity contribution in [3.63, 3.8) is 0 Å². The van der Waals surface area contributed by atoms with Crippen LogP contribution in [0.2, 0.25) is 0 Å². The van der Waals surface area contributed by atoms with Crippen LogP contribution >= 0.6 is 0 Å². The number of hydrogen-bond acceptors (Lipinski definition) is 1. The van der Waals surface area contributed by atoms with E-state index in [0.29, 0.717) is 0 Å². The van der Waals surface area contributed by atoms with Gasteiger partial charge in [0.05, 0.1) is 0 Å². The smallest absolute Gasteiger partial charge is 1.00 e. The molecule has 0 fully saturated rings. The van der Waals surface area contributed by atoms with Gasteiger partial charge in [-0.25, -0.2) is 0 Å². The molecule has 1 rings (SSSR count). The van der Waals surface area contributed by atoms with Crippen LogP contribution < -0.4 is 57.1 Å². The number of nitrogens with two attached hydrogens (primary N) is 1. The molecule has 0 saturated heterocycles. The van der Waals surface area contributed by atoms with Gasteiger partial charge in [-0.2, -0.15) is 0 Å². The molecule has 58 valence electrons. The maximum absolute atomic E-state index is 10.3. The molecule has 0 aromatic heterocycles. The van der Waals surface area contributed by atoms with Gasteiger partial charge in [-0.3, -0.25) is 4.79 Å². The monoisotopic (exact) mass is 187 g/mol. The van der Waals surface area contributed by atoms with E-state index in [-0.39, 0.29) is 52.8 Å². The third kappa shape index (κ3) is 4.85. The summed E-state index contributed by atoms with van der Waals surface area (Å²) >= 11 is 0. The average Bonchev–Trinajstić information content (AvgIpc) is 2.03. The number of benzene rings is 1. The Morgan fingerprint density at radius 2 is 1.92 bits per heavy atom. The summed E-state index contributed by atoms with van der Waals surface area (Å²) in [6, 6.07) is 9.53. The average molecular weight is 187 g/mol. The SMILES string of the molecule is NC(=O)/C=C/c1ccccc1.[H-].[K+]. The quantitative estimate of drug-likeness (QED) is 0.435. The molecule has 1 aromatic carbocycles. The Labute approximate surface area is 116 Å². The Balaban J connectivity index is 0. The van der Waals surface area contributed by atoms with Crippen LogP contribution in [0.3, 0.4) is 0 Å². The predicted molar refractivity (Wildman–Crippen MR) is 45.8 cm³/mol. The molecule has 3 heteroatoms. The van der Waals surface area contributed by atoms with Crippen LogP contribution in [0.25, 0.3) is 6.08 Å². The molecular weight excluding hydrogens is 177 g/mol. The second-order valence-electron chi connectivity index (χ2n) is 2.15. The van der Waals surface area contributed by atoms with E-state index < -0.39 is 5.91 Å². The fourth-order valence-electron chi connectivity index (χ4n) is 0.743. The van der Waals surface area contributed by atoms with E-state index in [1.165, 1.54) is 6.08 Å². The number of rotatable bonds is 2. The topological polar surface area (TPSA) is 43.1 Å².